The number of rotatable bonds is 6. The van der Waals surface area contributed by atoms with Crippen molar-refractivity contribution in [1.82, 2.24) is 10.2 Å². The summed E-state index contributed by atoms with van der Waals surface area (Å²) in [5.74, 6) is -0.833. The molecule has 8 heteroatoms. The highest BCUT2D eigenvalue weighted by atomic mass is 19.1. The number of nitrogens with one attached hydrogen (secondary N) is 2. The van der Waals surface area contributed by atoms with Crippen molar-refractivity contribution < 1.29 is 23.5 Å². The molecule has 1 saturated carbocycles. The molecule has 1 fully saturated rings. The Morgan fingerprint density at radius 3 is 2.40 bits per heavy atom. The van der Waals surface area contributed by atoms with Gasteiger partial charge in [0.2, 0.25) is 5.91 Å². The number of aliphatic hydroxyl groups is 1. The molecule has 1 aliphatic heterocycles. The van der Waals surface area contributed by atoms with Gasteiger partial charge in [0.05, 0.1) is 6.54 Å². The summed E-state index contributed by atoms with van der Waals surface area (Å²) in [5, 5.41) is 15.2. The maximum Gasteiger partial charge on any atom is 0.322 e. The molecule has 3 N–H and O–H groups in total. The van der Waals surface area contributed by atoms with Gasteiger partial charge in [-0.15, -0.1) is 0 Å². The molecule has 3 amide bonds. The van der Waals surface area contributed by atoms with Gasteiger partial charge in [-0.1, -0.05) is 26.0 Å². The fraction of sp³-hybridized carbons (Fsp3) is 0.481. The minimum absolute atomic E-state index is 0.00204. The second kappa shape index (κ2) is 10.3. The lowest BCUT2D eigenvalue weighted by Gasteiger charge is -2.29. The fourth-order valence-electron chi connectivity index (χ4n) is 4.83. The first-order valence-corrected chi connectivity index (χ1v) is 12.2. The van der Waals surface area contributed by atoms with E-state index >= 15 is 0 Å². The van der Waals surface area contributed by atoms with E-state index in [0.29, 0.717) is 29.3 Å². The maximum atomic E-state index is 14.0. The minimum atomic E-state index is -0.639. The summed E-state index contributed by atoms with van der Waals surface area (Å²) >= 11 is 0. The van der Waals surface area contributed by atoms with E-state index in [2.05, 4.69) is 10.6 Å². The lowest BCUT2D eigenvalue weighted by atomic mass is 9.78. The summed E-state index contributed by atoms with van der Waals surface area (Å²) < 4.78 is 27.4. The molecule has 1 aliphatic carbocycles. The number of fused-ring (bicyclic) bond motifs is 1. The van der Waals surface area contributed by atoms with Crippen LogP contribution in [-0.2, 0) is 17.9 Å². The SMILES string of the molecule is CC(C)(CO)CNC(=O)C1CCC(c2ccc(NC(=O)N3Cc4cc(F)cc(F)c4C3)cc2)CC1. The van der Waals surface area contributed by atoms with E-state index in [1.54, 1.807) is 0 Å². The number of carbonyl (C=O) groups excluding carboxylic acids is 2. The largest absolute Gasteiger partial charge is 0.396 e. The van der Waals surface area contributed by atoms with Crippen LogP contribution in [0.4, 0.5) is 19.3 Å². The van der Waals surface area contributed by atoms with E-state index in [1.165, 1.54) is 16.5 Å². The van der Waals surface area contributed by atoms with Crippen LogP contribution in [0.15, 0.2) is 36.4 Å². The van der Waals surface area contributed by atoms with Crippen LogP contribution < -0.4 is 10.6 Å². The summed E-state index contributed by atoms with van der Waals surface area (Å²) in [6, 6.07) is 9.46. The molecule has 0 radical (unpaired) electrons. The first kappa shape index (κ1) is 25.1. The van der Waals surface area contributed by atoms with Crippen molar-refractivity contribution >= 4 is 17.6 Å². The maximum absolute atomic E-state index is 14.0. The van der Waals surface area contributed by atoms with Crippen LogP contribution in [0.1, 0.15) is 62.1 Å². The van der Waals surface area contributed by atoms with E-state index in [1.807, 2.05) is 38.1 Å². The molecule has 188 valence electrons. The monoisotopic (exact) mass is 485 g/mol. The average molecular weight is 486 g/mol. The Morgan fingerprint density at radius 2 is 1.74 bits per heavy atom. The van der Waals surface area contributed by atoms with Gasteiger partial charge in [0.1, 0.15) is 11.6 Å². The third kappa shape index (κ3) is 5.99. The molecule has 4 rings (SSSR count). The molecular formula is C27H33F2N3O3. The van der Waals surface area contributed by atoms with Crippen LogP contribution in [0.2, 0.25) is 0 Å². The molecular weight excluding hydrogens is 452 g/mol. The van der Waals surface area contributed by atoms with Crippen LogP contribution in [0.3, 0.4) is 0 Å². The van der Waals surface area contributed by atoms with Crippen molar-refractivity contribution in [1.29, 1.82) is 0 Å². The first-order valence-electron chi connectivity index (χ1n) is 12.2. The predicted molar refractivity (Wildman–Crippen MR) is 130 cm³/mol. The Hall–Kier alpha value is -3.00. The third-order valence-electron chi connectivity index (χ3n) is 7.15. The Kier molecular flexibility index (Phi) is 7.40. The average Bonchev–Trinajstić information content (AvgIpc) is 3.28. The summed E-state index contributed by atoms with van der Waals surface area (Å²) in [6.45, 7) is 4.61. The van der Waals surface area contributed by atoms with Gasteiger partial charge in [-0.2, -0.15) is 0 Å². The van der Waals surface area contributed by atoms with E-state index in [-0.39, 0.29) is 43.0 Å². The van der Waals surface area contributed by atoms with Gasteiger partial charge in [-0.25, -0.2) is 13.6 Å². The van der Waals surface area contributed by atoms with Crippen LogP contribution in [0.5, 0.6) is 0 Å². The van der Waals surface area contributed by atoms with Crippen molar-refractivity contribution in [3.8, 4) is 0 Å². The highest BCUT2D eigenvalue weighted by Crippen LogP contribution is 2.36. The molecule has 35 heavy (non-hydrogen) atoms. The molecule has 2 aromatic carbocycles. The van der Waals surface area contributed by atoms with Gasteiger partial charge in [0.15, 0.2) is 0 Å². The minimum Gasteiger partial charge on any atom is -0.396 e. The van der Waals surface area contributed by atoms with Gasteiger partial charge in [0.25, 0.3) is 0 Å². The van der Waals surface area contributed by atoms with Crippen LogP contribution in [-0.4, -0.2) is 35.1 Å². The zero-order valence-corrected chi connectivity index (χ0v) is 20.2. The topological polar surface area (TPSA) is 81.7 Å². The molecule has 6 nitrogen and oxygen atoms in total. The first-order chi connectivity index (χ1) is 16.6. The normalized spacial score (nSPS) is 19.9. The van der Waals surface area contributed by atoms with Crippen LogP contribution >= 0.6 is 0 Å². The van der Waals surface area contributed by atoms with Crippen molar-refractivity contribution in [2.75, 3.05) is 18.5 Å². The molecule has 0 saturated heterocycles. The molecule has 0 unspecified atom stereocenters. The number of carbonyl (C=O) groups is 2. The summed E-state index contributed by atoms with van der Waals surface area (Å²) in [4.78, 5) is 26.6. The Balaban J connectivity index is 1.26. The second-order valence-electron chi connectivity index (χ2n) is 10.5. The van der Waals surface area contributed by atoms with Crippen molar-refractivity contribution in [3.05, 3.63) is 64.7 Å². The summed E-state index contributed by atoms with van der Waals surface area (Å²) in [5.41, 5.74) is 2.35. The number of halogens is 2. The Morgan fingerprint density at radius 1 is 1.06 bits per heavy atom. The zero-order chi connectivity index (χ0) is 25.2. The highest BCUT2D eigenvalue weighted by Gasteiger charge is 2.29. The van der Waals surface area contributed by atoms with Crippen molar-refractivity contribution in [2.45, 2.75) is 58.5 Å². The fourth-order valence-corrected chi connectivity index (χ4v) is 4.83. The molecule has 2 aliphatic rings. The van der Waals surface area contributed by atoms with Gasteiger partial charge < -0.3 is 20.6 Å². The molecule has 1 heterocycles. The zero-order valence-electron chi connectivity index (χ0n) is 20.2. The standard InChI is InChI=1S/C27H33F2N3O3/c1-27(2,16-33)15-30-25(34)19-5-3-17(4-6-19)18-7-9-22(10-8-18)31-26(35)32-13-20-11-21(28)12-24(29)23(20)14-32/h7-12,17,19,33H,3-6,13-16H2,1-2H3,(H,30,34)(H,31,35). The van der Waals surface area contributed by atoms with Gasteiger partial charge in [-0.05, 0) is 60.9 Å². The molecule has 0 atom stereocenters. The number of urea groups is 1. The van der Waals surface area contributed by atoms with E-state index < -0.39 is 11.6 Å². The Labute approximate surface area is 204 Å². The van der Waals surface area contributed by atoms with E-state index in [0.717, 1.165) is 31.7 Å². The number of aliphatic hydroxyl groups excluding tert-OH is 1. The number of amides is 3. The number of hydrogen-bond donors (Lipinski definition) is 3. The van der Waals surface area contributed by atoms with E-state index in [9.17, 15) is 23.5 Å². The van der Waals surface area contributed by atoms with E-state index in [4.69, 9.17) is 0 Å². The van der Waals surface area contributed by atoms with Gasteiger partial charge in [-0.3, -0.25) is 4.79 Å². The number of nitrogens with zero attached hydrogens (tertiary/aromatic N) is 1. The lowest BCUT2D eigenvalue weighted by molar-refractivity contribution is -0.126. The summed E-state index contributed by atoms with van der Waals surface area (Å²) in [6.07, 6.45) is 3.48. The van der Waals surface area contributed by atoms with Crippen molar-refractivity contribution in [3.63, 3.8) is 0 Å². The molecule has 0 bridgehead atoms. The smallest absolute Gasteiger partial charge is 0.322 e. The second-order valence-corrected chi connectivity index (χ2v) is 10.5. The number of benzene rings is 2. The number of anilines is 1. The quantitative estimate of drug-likeness (QED) is 0.543. The van der Waals surface area contributed by atoms with Crippen molar-refractivity contribution in [2.24, 2.45) is 11.3 Å². The van der Waals surface area contributed by atoms with Gasteiger partial charge >= 0.3 is 6.03 Å². The summed E-state index contributed by atoms with van der Waals surface area (Å²) in [7, 11) is 0. The third-order valence-corrected chi connectivity index (χ3v) is 7.15. The molecule has 0 spiro atoms. The predicted octanol–water partition coefficient (Wildman–Crippen LogP) is 4.92. The van der Waals surface area contributed by atoms with Crippen LogP contribution in [0, 0.1) is 23.0 Å². The lowest BCUT2D eigenvalue weighted by Crippen LogP contribution is -2.40. The molecule has 0 aromatic heterocycles. The Bertz CT molecular complexity index is 1080. The highest BCUT2D eigenvalue weighted by molar-refractivity contribution is 5.89. The van der Waals surface area contributed by atoms with Crippen LogP contribution in [0.25, 0.3) is 0 Å². The molecule has 2 aromatic rings. The number of hydrogen-bond acceptors (Lipinski definition) is 3. The van der Waals surface area contributed by atoms with Gasteiger partial charge in [0, 0.05) is 48.3 Å².